The van der Waals surface area contributed by atoms with Crippen molar-refractivity contribution in [3.63, 3.8) is 0 Å². The van der Waals surface area contributed by atoms with Gasteiger partial charge in [0, 0.05) is 11.9 Å². The van der Waals surface area contributed by atoms with Crippen LogP contribution in [0, 0.1) is 0 Å². The number of nitrogens with two attached hydrogens (primary N) is 1. The first kappa shape index (κ1) is 13.4. The first-order valence-corrected chi connectivity index (χ1v) is 7.40. The summed E-state index contributed by atoms with van der Waals surface area (Å²) in [4.78, 5) is 1.26. The maximum atomic E-state index is 6.12. The van der Waals surface area contributed by atoms with Crippen LogP contribution in [0.5, 0.6) is 0 Å². The molecule has 0 fully saturated rings. The van der Waals surface area contributed by atoms with Crippen LogP contribution in [-0.2, 0) is 13.6 Å². The number of aromatic nitrogens is 2. The largest absolute Gasteiger partial charge is 0.394 e. The van der Waals surface area contributed by atoms with Gasteiger partial charge in [-0.15, -0.1) is 11.3 Å². The van der Waals surface area contributed by atoms with E-state index in [9.17, 15) is 0 Å². The van der Waals surface area contributed by atoms with Crippen molar-refractivity contribution in [3.8, 4) is 0 Å². The third kappa shape index (κ3) is 2.70. The van der Waals surface area contributed by atoms with E-state index < -0.39 is 0 Å². The summed E-state index contributed by atoms with van der Waals surface area (Å²) in [6.07, 6.45) is 0. The first-order chi connectivity index (χ1) is 8.49. The second-order valence-corrected chi connectivity index (χ2v) is 7.03. The number of rotatable bonds is 4. The van der Waals surface area contributed by atoms with Gasteiger partial charge < -0.3 is 11.1 Å². The Kier molecular flexibility index (Phi) is 3.97. The van der Waals surface area contributed by atoms with Crippen molar-refractivity contribution in [3.05, 3.63) is 26.5 Å². The fraction of sp³-hybridized carbons (Fsp3) is 0.417. The second-order valence-electron chi connectivity index (χ2n) is 4.49. The lowest BCUT2D eigenvalue weighted by Crippen LogP contribution is -2.05. The number of anilines is 2. The molecule has 0 amide bonds. The minimum Gasteiger partial charge on any atom is -0.394 e. The highest BCUT2D eigenvalue weighted by molar-refractivity contribution is 9.11. The summed E-state index contributed by atoms with van der Waals surface area (Å²) in [5, 5.41) is 7.80. The van der Waals surface area contributed by atoms with Gasteiger partial charge in [-0.3, -0.25) is 4.68 Å². The third-order valence-electron chi connectivity index (χ3n) is 2.72. The predicted octanol–water partition coefficient (Wildman–Crippen LogP) is 3.56. The summed E-state index contributed by atoms with van der Waals surface area (Å²) in [7, 11) is 1.91. The van der Waals surface area contributed by atoms with Crippen molar-refractivity contribution in [2.75, 3.05) is 11.1 Å². The first-order valence-electron chi connectivity index (χ1n) is 5.79. The fourth-order valence-corrected chi connectivity index (χ4v) is 3.24. The molecule has 0 atom stereocenters. The Morgan fingerprint density at radius 3 is 2.72 bits per heavy atom. The molecule has 0 radical (unpaired) electrons. The van der Waals surface area contributed by atoms with E-state index in [1.54, 1.807) is 11.3 Å². The van der Waals surface area contributed by atoms with E-state index in [0.29, 0.717) is 5.92 Å². The Hall–Kier alpha value is -1.01. The zero-order valence-corrected chi connectivity index (χ0v) is 13.1. The van der Waals surface area contributed by atoms with Crippen LogP contribution in [0.1, 0.15) is 30.3 Å². The molecule has 98 valence electrons. The molecule has 0 bridgehead atoms. The number of hydrogen-bond donors (Lipinski definition) is 2. The molecule has 18 heavy (non-hydrogen) atoms. The van der Waals surface area contributed by atoms with E-state index in [0.717, 1.165) is 27.5 Å². The normalized spacial score (nSPS) is 11.2. The molecule has 2 heterocycles. The summed E-state index contributed by atoms with van der Waals surface area (Å²) in [5.41, 5.74) is 7.83. The zero-order chi connectivity index (χ0) is 13.3. The van der Waals surface area contributed by atoms with E-state index >= 15 is 0 Å². The van der Waals surface area contributed by atoms with Gasteiger partial charge in [-0.1, -0.05) is 13.8 Å². The van der Waals surface area contributed by atoms with Crippen LogP contribution in [0.3, 0.4) is 0 Å². The molecular formula is C12H17BrN4S. The molecule has 0 aliphatic carbocycles. The number of thiophene rings is 1. The topological polar surface area (TPSA) is 55.9 Å². The lowest BCUT2D eigenvalue weighted by atomic mass is 10.1. The van der Waals surface area contributed by atoms with Crippen LogP contribution in [0.25, 0.3) is 0 Å². The van der Waals surface area contributed by atoms with Gasteiger partial charge in [0.1, 0.15) is 5.82 Å². The molecule has 0 unspecified atom stereocenters. The highest BCUT2D eigenvalue weighted by Crippen LogP contribution is 2.29. The smallest absolute Gasteiger partial charge is 0.148 e. The van der Waals surface area contributed by atoms with Gasteiger partial charge in [0.15, 0.2) is 0 Å². The van der Waals surface area contributed by atoms with Gasteiger partial charge >= 0.3 is 0 Å². The lowest BCUT2D eigenvalue weighted by molar-refractivity contribution is 0.715. The Bertz CT molecular complexity index is 544. The molecule has 3 N–H and O–H groups in total. The quantitative estimate of drug-likeness (QED) is 0.902. The van der Waals surface area contributed by atoms with Crippen LogP contribution in [0.2, 0.25) is 0 Å². The maximum Gasteiger partial charge on any atom is 0.148 e. The van der Waals surface area contributed by atoms with Gasteiger partial charge in [0.05, 0.1) is 21.7 Å². The highest BCUT2D eigenvalue weighted by atomic mass is 79.9. The van der Waals surface area contributed by atoms with E-state index in [-0.39, 0.29) is 0 Å². The summed E-state index contributed by atoms with van der Waals surface area (Å²) in [6.45, 7) is 4.95. The van der Waals surface area contributed by atoms with Crippen molar-refractivity contribution in [2.45, 2.75) is 26.3 Å². The van der Waals surface area contributed by atoms with E-state index in [1.807, 2.05) is 17.8 Å². The van der Waals surface area contributed by atoms with Crippen LogP contribution in [0.4, 0.5) is 11.5 Å². The van der Waals surface area contributed by atoms with Crippen LogP contribution in [-0.4, -0.2) is 9.78 Å². The standard InChI is InChI=1S/C12H17BrN4S/c1-7(2)11-10(14)12(17(3)16-11)15-6-8-4-5-9(13)18-8/h4-5,7,15H,6,14H2,1-3H3. The average molecular weight is 329 g/mol. The second kappa shape index (κ2) is 5.32. The Morgan fingerprint density at radius 1 is 1.50 bits per heavy atom. The molecule has 0 aliphatic heterocycles. The highest BCUT2D eigenvalue weighted by Gasteiger charge is 2.15. The van der Waals surface area contributed by atoms with Gasteiger partial charge in [-0.05, 0) is 34.0 Å². The average Bonchev–Trinajstić information content (AvgIpc) is 2.82. The van der Waals surface area contributed by atoms with E-state index in [2.05, 4.69) is 46.3 Å². The molecule has 0 saturated heterocycles. The summed E-state index contributed by atoms with van der Waals surface area (Å²) >= 11 is 5.17. The predicted molar refractivity (Wildman–Crippen MR) is 81.1 cm³/mol. The van der Waals surface area contributed by atoms with Crippen LogP contribution >= 0.6 is 27.3 Å². The number of halogens is 1. The SMILES string of the molecule is CC(C)c1nn(C)c(NCc2ccc(Br)s2)c1N. The maximum absolute atomic E-state index is 6.12. The summed E-state index contributed by atoms with van der Waals surface area (Å²) < 4.78 is 2.95. The van der Waals surface area contributed by atoms with Crippen molar-refractivity contribution in [1.82, 2.24) is 9.78 Å². The molecular weight excluding hydrogens is 312 g/mol. The van der Waals surface area contributed by atoms with Crippen LogP contribution in [0.15, 0.2) is 15.9 Å². The minimum absolute atomic E-state index is 0.336. The molecule has 2 aromatic rings. The number of aryl methyl sites for hydroxylation is 1. The monoisotopic (exact) mass is 328 g/mol. The van der Waals surface area contributed by atoms with E-state index in [4.69, 9.17) is 5.73 Å². The molecule has 2 aromatic heterocycles. The summed E-state index contributed by atoms with van der Waals surface area (Å²) in [5.74, 6) is 1.23. The van der Waals surface area contributed by atoms with Crippen molar-refractivity contribution in [2.24, 2.45) is 7.05 Å². The molecule has 2 rings (SSSR count). The number of nitrogens with one attached hydrogen (secondary N) is 1. The molecule has 0 saturated carbocycles. The minimum atomic E-state index is 0.336. The van der Waals surface area contributed by atoms with Crippen molar-refractivity contribution >= 4 is 38.8 Å². The molecule has 6 heteroatoms. The molecule has 0 aliphatic rings. The van der Waals surface area contributed by atoms with Gasteiger partial charge in [-0.2, -0.15) is 5.10 Å². The van der Waals surface area contributed by atoms with Gasteiger partial charge in [0.2, 0.25) is 0 Å². The van der Waals surface area contributed by atoms with Gasteiger partial charge in [-0.25, -0.2) is 0 Å². The third-order valence-corrected chi connectivity index (χ3v) is 4.34. The number of nitrogen functional groups attached to an aromatic ring is 1. The summed E-state index contributed by atoms with van der Waals surface area (Å²) in [6, 6.07) is 4.14. The Labute approximate surface area is 119 Å². The molecule has 0 spiro atoms. The zero-order valence-electron chi connectivity index (χ0n) is 10.7. The van der Waals surface area contributed by atoms with Crippen molar-refractivity contribution in [1.29, 1.82) is 0 Å². The van der Waals surface area contributed by atoms with Crippen LogP contribution < -0.4 is 11.1 Å². The van der Waals surface area contributed by atoms with Crippen molar-refractivity contribution < 1.29 is 0 Å². The molecule has 0 aromatic carbocycles. The Morgan fingerprint density at radius 2 is 2.22 bits per heavy atom. The van der Waals surface area contributed by atoms with Gasteiger partial charge in [0.25, 0.3) is 0 Å². The lowest BCUT2D eigenvalue weighted by Gasteiger charge is -2.06. The van der Waals surface area contributed by atoms with E-state index in [1.165, 1.54) is 4.88 Å². The number of hydrogen-bond acceptors (Lipinski definition) is 4. The Balaban J connectivity index is 2.14. The number of nitrogens with zero attached hydrogens (tertiary/aromatic N) is 2. The molecule has 4 nitrogen and oxygen atoms in total. The fourth-order valence-electron chi connectivity index (χ4n) is 1.81.